The quantitative estimate of drug-likeness (QED) is 0.837. The Bertz CT molecular complexity index is 950. The van der Waals surface area contributed by atoms with E-state index in [9.17, 15) is 13.2 Å². The minimum Gasteiger partial charge on any atom is -0.322 e. The van der Waals surface area contributed by atoms with Gasteiger partial charge in [0, 0.05) is 17.8 Å². The molecule has 1 N–H and O–H groups in total. The van der Waals surface area contributed by atoms with Crippen molar-refractivity contribution in [1.29, 1.82) is 0 Å². The maximum atomic E-state index is 12.5. The van der Waals surface area contributed by atoms with Crippen LogP contribution in [0.5, 0.6) is 0 Å². The summed E-state index contributed by atoms with van der Waals surface area (Å²) in [7, 11) is -3.25. The fourth-order valence-corrected chi connectivity index (χ4v) is 4.47. The van der Waals surface area contributed by atoms with E-state index in [0.717, 1.165) is 11.1 Å². The molecule has 3 rings (SSSR count). The predicted molar refractivity (Wildman–Crippen MR) is 106 cm³/mol. The van der Waals surface area contributed by atoms with Gasteiger partial charge in [0.1, 0.15) is 0 Å². The highest BCUT2D eigenvalue weighted by Crippen LogP contribution is 2.28. The summed E-state index contributed by atoms with van der Waals surface area (Å²) < 4.78 is 25.7. The largest absolute Gasteiger partial charge is 0.322 e. The van der Waals surface area contributed by atoms with E-state index in [2.05, 4.69) is 5.32 Å². The molecule has 1 amide bonds. The second-order valence-electron chi connectivity index (χ2n) is 6.43. The maximum Gasteiger partial charge on any atom is 0.251 e. The van der Waals surface area contributed by atoms with Gasteiger partial charge in [-0.1, -0.05) is 36.4 Å². The maximum absolute atomic E-state index is 12.5. The van der Waals surface area contributed by atoms with Crippen LogP contribution in [-0.2, 0) is 14.8 Å². The molecule has 0 saturated carbocycles. The molecule has 5 nitrogen and oxygen atoms in total. The summed E-state index contributed by atoms with van der Waals surface area (Å²) in [6.07, 6.45) is 2.44. The topological polar surface area (TPSA) is 66.5 Å². The zero-order valence-electron chi connectivity index (χ0n) is 14.9. The normalized spacial score (nSPS) is 16.5. The second-order valence-corrected chi connectivity index (χ2v) is 8.45. The van der Waals surface area contributed by atoms with E-state index in [4.69, 9.17) is 0 Å². The molecule has 1 saturated heterocycles. The highest BCUT2D eigenvalue weighted by atomic mass is 32.2. The average Bonchev–Trinajstić information content (AvgIpc) is 2.97. The lowest BCUT2D eigenvalue weighted by molar-refractivity contribution is -0.112. The molecule has 1 fully saturated rings. The summed E-state index contributed by atoms with van der Waals surface area (Å²) in [6, 6.07) is 15.0. The number of carbonyl (C=O) groups is 1. The van der Waals surface area contributed by atoms with Crippen LogP contribution in [0.1, 0.15) is 24.5 Å². The first-order valence-corrected chi connectivity index (χ1v) is 10.1. The number of hydrogen-bond acceptors (Lipinski definition) is 3. The lowest BCUT2D eigenvalue weighted by Gasteiger charge is -2.19. The van der Waals surface area contributed by atoms with Gasteiger partial charge in [0.05, 0.1) is 11.4 Å². The number of anilines is 2. The first kappa shape index (κ1) is 18.2. The van der Waals surface area contributed by atoms with Crippen molar-refractivity contribution in [3.05, 3.63) is 65.2 Å². The van der Waals surface area contributed by atoms with E-state index in [1.54, 1.807) is 19.1 Å². The van der Waals surface area contributed by atoms with Crippen LogP contribution < -0.4 is 9.62 Å². The van der Waals surface area contributed by atoms with Gasteiger partial charge in [0.2, 0.25) is 10.0 Å². The minimum absolute atomic E-state index is 0.168. The van der Waals surface area contributed by atoms with Crippen LogP contribution in [0.4, 0.5) is 11.4 Å². The van der Waals surface area contributed by atoms with Crippen molar-refractivity contribution in [2.75, 3.05) is 21.9 Å². The molecule has 1 heterocycles. The van der Waals surface area contributed by atoms with E-state index in [1.165, 1.54) is 4.31 Å². The summed E-state index contributed by atoms with van der Waals surface area (Å²) in [4.78, 5) is 12.5. The number of amides is 1. The Morgan fingerprint density at radius 3 is 2.54 bits per heavy atom. The van der Waals surface area contributed by atoms with E-state index < -0.39 is 10.0 Å². The standard InChI is InChI=1S/C20H22N2O3S/c1-15-9-10-18(22-11-6-12-26(22,24)25)14-19(15)21-20(23)16(2)13-17-7-4-3-5-8-17/h3-5,7-10,13-14H,6,11-12H2,1-2H3,(H,21,23)/b16-13+. The van der Waals surface area contributed by atoms with Crippen molar-refractivity contribution >= 4 is 33.4 Å². The smallest absolute Gasteiger partial charge is 0.251 e. The molecule has 136 valence electrons. The van der Waals surface area contributed by atoms with Gasteiger partial charge in [0.25, 0.3) is 5.91 Å². The van der Waals surface area contributed by atoms with Gasteiger partial charge in [-0.25, -0.2) is 8.42 Å². The SMILES string of the molecule is C/C(=C\c1ccccc1)C(=O)Nc1cc(N2CCCS2(=O)=O)ccc1C. The number of carbonyl (C=O) groups excluding carboxylic acids is 1. The Kier molecular flexibility index (Phi) is 5.13. The van der Waals surface area contributed by atoms with Crippen molar-refractivity contribution in [3.8, 4) is 0 Å². The summed E-state index contributed by atoms with van der Waals surface area (Å²) in [6.45, 7) is 4.12. The summed E-state index contributed by atoms with van der Waals surface area (Å²) in [5.41, 5.74) is 3.62. The van der Waals surface area contributed by atoms with Crippen molar-refractivity contribution < 1.29 is 13.2 Å². The third kappa shape index (κ3) is 3.96. The summed E-state index contributed by atoms with van der Waals surface area (Å²) in [5.74, 6) is -0.0417. The number of benzene rings is 2. The van der Waals surface area contributed by atoms with Crippen molar-refractivity contribution in [2.45, 2.75) is 20.3 Å². The average molecular weight is 370 g/mol. The second kappa shape index (κ2) is 7.33. The molecule has 0 atom stereocenters. The zero-order valence-corrected chi connectivity index (χ0v) is 15.7. The van der Waals surface area contributed by atoms with E-state index in [0.29, 0.717) is 29.9 Å². The number of nitrogens with zero attached hydrogens (tertiary/aromatic N) is 1. The lowest BCUT2D eigenvalue weighted by Crippen LogP contribution is -2.25. The highest BCUT2D eigenvalue weighted by Gasteiger charge is 2.28. The van der Waals surface area contributed by atoms with E-state index in [-0.39, 0.29) is 11.7 Å². The molecule has 6 heteroatoms. The van der Waals surface area contributed by atoms with Gasteiger partial charge in [-0.3, -0.25) is 9.10 Å². The fraction of sp³-hybridized carbons (Fsp3) is 0.250. The van der Waals surface area contributed by atoms with Crippen molar-refractivity contribution in [2.24, 2.45) is 0 Å². The molecule has 2 aromatic rings. The van der Waals surface area contributed by atoms with Gasteiger partial charge in [-0.05, 0) is 49.6 Å². The Morgan fingerprint density at radius 1 is 1.15 bits per heavy atom. The van der Waals surface area contributed by atoms with E-state index in [1.807, 2.05) is 49.4 Å². The lowest BCUT2D eigenvalue weighted by atomic mass is 10.1. The number of rotatable bonds is 4. The molecule has 0 aromatic heterocycles. The molecule has 2 aromatic carbocycles. The van der Waals surface area contributed by atoms with Crippen LogP contribution >= 0.6 is 0 Å². The molecular formula is C20H22N2O3S. The van der Waals surface area contributed by atoms with Gasteiger partial charge in [0.15, 0.2) is 0 Å². The van der Waals surface area contributed by atoms with Crippen LogP contribution in [0, 0.1) is 6.92 Å². The summed E-state index contributed by atoms with van der Waals surface area (Å²) in [5, 5.41) is 2.89. The number of sulfonamides is 1. The Hall–Kier alpha value is -2.60. The molecule has 1 aliphatic heterocycles. The third-order valence-corrected chi connectivity index (χ3v) is 6.27. The first-order valence-electron chi connectivity index (χ1n) is 8.52. The molecule has 0 bridgehead atoms. The molecular weight excluding hydrogens is 348 g/mol. The molecule has 0 unspecified atom stereocenters. The van der Waals surface area contributed by atoms with Gasteiger partial charge >= 0.3 is 0 Å². The predicted octanol–water partition coefficient (Wildman–Crippen LogP) is 3.58. The first-order chi connectivity index (χ1) is 12.4. The minimum atomic E-state index is -3.25. The van der Waals surface area contributed by atoms with Crippen LogP contribution in [0.2, 0.25) is 0 Å². The molecule has 0 radical (unpaired) electrons. The van der Waals surface area contributed by atoms with Gasteiger partial charge < -0.3 is 5.32 Å². The number of aryl methyl sites for hydroxylation is 1. The molecule has 26 heavy (non-hydrogen) atoms. The van der Waals surface area contributed by atoms with Crippen molar-refractivity contribution in [1.82, 2.24) is 0 Å². The molecule has 0 aliphatic carbocycles. The van der Waals surface area contributed by atoms with E-state index >= 15 is 0 Å². The third-order valence-electron chi connectivity index (χ3n) is 4.40. The monoisotopic (exact) mass is 370 g/mol. The molecule has 1 aliphatic rings. The highest BCUT2D eigenvalue weighted by molar-refractivity contribution is 7.93. The van der Waals surface area contributed by atoms with Crippen LogP contribution in [0.15, 0.2) is 54.1 Å². The van der Waals surface area contributed by atoms with Crippen LogP contribution in [0.3, 0.4) is 0 Å². The van der Waals surface area contributed by atoms with Crippen LogP contribution in [-0.4, -0.2) is 26.6 Å². The van der Waals surface area contributed by atoms with Gasteiger partial charge in [-0.15, -0.1) is 0 Å². The van der Waals surface area contributed by atoms with Crippen molar-refractivity contribution in [3.63, 3.8) is 0 Å². The van der Waals surface area contributed by atoms with Crippen LogP contribution in [0.25, 0.3) is 6.08 Å². The van der Waals surface area contributed by atoms with Gasteiger partial charge in [-0.2, -0.15) is 0 Å². The Balaban J connectivity index is 1.82. The Morgan fingerprint density at radius 2 is 1.88 bits per heavy atom. The Labute approximate surface area is 154 Å². The fourth-order valence-electron chi connectivity index (χ4n) is 2.92. The zero-order chi connectivity index (χ0) is 18.7. The number of hydrogen-bond donors (Lipinski definition) is 1. The summed E-state index contributed by atoms with van der Waals surface area (Å²) >= 11 is 0. The number of nitrogens with one attached hydrogen (secondary N) is 1. The molecule has 0 spiro atoms.